The van der Waals surface area contributed by atoms with Gasteiger partial charge in [0.05, 0.1) is 11.7 Å². The second-order valence-electron chi connectivity index (χ2n) is 4.27. The third-order valence-corrected chi connectivity index (χ3v) is 3.06. The summed E-state index contributed by atoms with van der Waals surface area (Å²) in [6.07, 6.45) is 4.51. The summed E-state index contributed by atoms with van der Waals surface area (Å²) in [5, 5.41) is 4.40. The molecule has 2 aromatic rings. The second kappa shape index (κ2) is 4.71. The van der Waals surface area contributed by atoms with E-state index in [1.165, 1.54) is 0 Å². The third kappa shape index (κ3) is 2.39. The van der Waals surface area contributed by atoms with Gasteiger partial charge in [-0.2, -0.15) is 5.10 Å². The lowest BCUT2D eigenvalue weighted by atomic mass is 10.1. The maximum absolute atomic E-state index is 6.16. The number of aromatic nitrogens is 4. The molecule has 0 amide bonds. The van der Waals surface area contributed by atoms with E-state index in [1.54, 1.807) is 0 Å². The monoisotopic (exact) mass is 233 g/mol. The van der Waals surface area contributed by atoms with Crippen LogP contribution in [0.3, 0.4) is 0 Å². The van der Waals surface area contributed by atoms with E-state index in [2.05, 4.69) is 21.6 Å². The van der Waals surface area contributed by atoms with Crippen molar-refractivity contribution in [3.8, 4) is 0 Å². The second-order valence-corrected chi connectivity index (χ2v) is 4.27. The normalized spacial score (nSPS) is 12.9. The van der Waals surface area contributed by atoms with Crippen LogP contribution in [0.5, 0.6) is 0 Å². The molecule has 2 rings (SSSR count). The molecule has 0 spiro atoms. The van der Waals surface area contributed by atoms with Crippen molar-refractivity contribution in [2.45, 2.75) is 32.9 Å². The van der Waals surface area contributed by atoms with E-state index < -0.39 is 0 Å². The number of nitrogens with two attached hydrogens (primary N) is 1. The molecule has 0 saturated heterocycles. The molecule has 0 saturated carbocycles. The summed E-state index contributed by atoms with van der Waals surface area (Å²) in [6.45, 7) is 5.04. The van der Waals surface area contributed by atoms with E-state index >= 15 is 0 Å². The van der Waals surface area contributed by atoms with Crippen LogP contribution in [-0.4, -0.2) is 19.3 Å². The molecule has 0 radical (unpaired) electrons. The highest BCUT2D eigenvalue weighted by Gasteiger charge is 2.14. The van der Waals surface area contributed by atoms with E-state index in [0.717, 1.165) is 30.2 Å². The highest BCUT2D eigenvalue weighted by atomic mass is 15.3. The number of hydrogen-bond donors (Lipinski definition) is 1. The summed E-state index contributed by atoms with van der Waals surface area (Å²) in [5.41, 5.74) is 8.21. The lowest BCUT2D eigenvalue weighted by Crippen LogP contribution is -2.17. The average Bonchev–Trinajstić information content (AvgIpc) is 2.86. The fraction of sp³-hybridized carbons (Fsp3) is 0.500. The zero-order chi connectivity index (χ0) is 12.4. The van der Waals surface area contributed by atoms with Gasteiger partial charge in [-0.1, -0.05) is 0 Å². The van der Waals surface area contributed by atoms with Crippen molar-refractivity contribution >= 4 is 0 Å². The first kappa shape index (κ1) is 11.9. The predicted octanol–water partition coefficient (Wildman–Crippen LogP) is 1.19. The minimum Gasteiger partial charge on any atom is -0.335 e. The number of rotatable bonds is 4. The van der Waals surface area contributed by atoms with Gasteiger partial charge in [0.25, 0.3) is 0 Å². The predicted molar refractivity (Wildman–Crippen MR) is 66.5 cm³/mol. The molecule has 17 heavy (non-hydrogen) atoms. The molecule has 2 aromatic heterocycles. The van der Waals surface area contributed by atoms with E-state index in [0.29, 0.717) is 0 Å². The Morgan fingerprint density at radius 1 is 1.47 bits per heavy atom. The average molecular weight is 233 g/mol. The smallest absolute Gasteiger partial charge is 0.110 e. The van der Waals surface area contributed by atoms with Crippen LogP contribution in [0.1, 0.15) is 30.2 Å². The van der Waals surface area contributed by atoms with E-state index in [-0.39, 0.29) is 6.04 Å². The Morgan fingerprint density at radius 2 is 2.24 bits per heavy atom. The minimum atomic E-state index is -0.0948. The maximum Gasteiger partial charge on any atom is 0.110 e. The van der Waals surface area contributed by atoms with Crippen molar-refractivity contribution in [3.05, 3.63) is 35.7 Å². The molecule has 0 aliphatic rings. The fourth-order valence-electron chi connectivity index (χ4n) is 1.89. The highest BCUT2D eigenvalue weighted by molar-refractivity contribution is 5.14. The van der Waals surface area contributed by atoms with Crippen molar-refractivity contribution in [2.75, 3.05) is 0 Å². The van der Waals surface area contributed by atoms with Gasteiger partial charge in [0.1, 0.15) is 5.82 Å². The van der Waals surface area contributed by atoms with Crippen LogP contribution in [0.15, 0.2) is 18.5 Å². The number of hydrogen-bond acceptors (Lipinski definition) is 3. The van der Waals surface area contributed by atoms with Crippen molar-refractivity contribution in [3.63, 3.8) is 0 Å². The first-order valence-corrected chi connectivity index (χ1v) is 5.88. The summed E-state index contributed by atoms with van der Waals surface area (Å²) in [7, 11) is 1.93. The van der Waals surface area contributed by atoms with Gasteiger partial charge in [-0.25, -0.2) is 4.98 Å². The van der Waals surface area contributed by atoms with Gasteiger partial charge in [-0.15, -0.1) is 0 Å². The molecule has 1 unspecified atom stereocenters. The number of aryl methyl sites for hydroxylation is 3. The van der Waals surface area contributed by atoms with E-state index in [4.69, 9.17) is 5.73 Å². The molecule has 0 aromatic carbocycles. The molecular formula is C12H19N5. The Morgan fingerprint density at radius 3 is 2.82 bits per heavy atom. The molecule has 2 heterocycles. The minimum absolute atomic E-state index is 0.0948. The molecule has 0 bridgehead atoms. The summed E-state index contributed by atoms with van der Waals surface area (Å²) < 4.78 is 3.96. The van der Waals surface area contributed by atoms with Crippen LogP contribution >= 0.6 is 0 Å². The molecule has 2 N–H and O–H groups in total. The zero-order valence-corrected chi connectivity index (χ0v) is 10.6. The lowest BCUT2D eigenvalue weighted by molar-refractivity contribution is 0.603. The summed E-state index contributed by atoms with van der Waals surface area (Å²) >= 11 is 0. The fourth-order valence-corrected chi connectivity index (χ4v) is 1.89. The zero-order valence-electron chi connectivity index (χ0n) is 10.6. The summed E-state index contributed by atoms with van der Waals surface area (Å²) in [5.74, 6) is 1.02. The molecular weight excluding hydrogens is 214 g/mol. The van der Waals surface area contributed by atoms with E-state index in [9.17, 15) is 0 Å². The first-order chi connectivity index (χ1) is 8.11. The van der Waals surface area contributed by atoms with Gasteiger partial charge >= 0.3 is 0 Å². The quantitative estimate of drug-likeness (QED) is 0.862. The highest BCUT2D eigenvalue weighted by Crippen LogP contribution is 2.14. The van der Waals surface area contributed by atoms with Gasteiger partial charge < -0.3 is 10.3 Å². The van der Waals surface area contributed by atoms with E-state index in [1.807, 2.05) is 37.1 Å². The summed E-state index contributed by atoms with van der Waals surface area (Å²) in [6, 6.07) is 1.94. The number of nitrogens with zero attached hydrogens (tertiary/aromatic N) is 4. The lowest BCUT2D eigenvalue weighted by Gasteiger charge is -2.09. The van der Waals surface area contributed by atoms with Crippen molar-refractivity contribution in [2.24, 2.45) is 12.8 Å². The molecule has 0 fully saturated rings. The Labute approximate surface area is 101 Å². The molecule has 5 nitrogen and oxygen atoms in total. The van der Waals surface area contributed by atoms with Gasteiger partial charge in [0.15, 0.2) is 0 Å². The topological polar surface area (TPSA) is 61.7 Å². The van der Waals surface area contributed by atoms with Crippen LogP contribution in [0, 0.1) is 6.92 Å². The standard InChI is InChI=1S/C12H19N5/c1-4-17-6-5-14-12(17)8-10(13)11-7-9(2)16(3)15-11/h5-7,10H,4,8,13H2,1-3H3. The Bertz CT molecular complexity index is 477. The molecule has 0 aliphatic carbocycles. The van der Waals surface area contributed by atoms with Crippen LogP contribution < -0.4 is 5.73 Å². The molecule has 92 valence electrons. The van der Waals surface area contributed by atoms with Gasteiger partial charge in [0, 0.05) is 38.1 Å². The van der Waals surface area contributed by atoms with Crippen LogP contribution in [-0.2, 0) is 20.0 Å². The maximum atomic E-state index is 6.16. The number of imidazole rings is 1. The largest absolute Gasteiger partial charge is 0.335 e. The summed E-state index contributed by atoms with van der Waals surface area (Å²) in [4.78, 5) is 4.33. The first-order valence-electron chi connectivity index (χ1n) is 5.88. The van der Waals surface area contributed by atoms with Crippen molar-refractivity contribution in [1.82, 2.24) is 19.3 Å². The Balaban J connectivity index is 2.14. The SMILES string of the molecule is CCn1ccnc1CC(N)c1cc(C)n(C)n1. The van der Waals surface area contributed by atoms with Crippen LogP contribution in [0.25, 0.3) is 0 Å². The van der Waals surface area contributed by atoms with Gasteiger partial charge in [0.2, 0.25) is 0 Å². The van der Waals surface area contributed by atoms with Crippen LogP contribution in [0.2, 0.25) is 0 Å². The van der Waals surface area contributed by atoms with Gasteiger partial charge in [-0.3, -0.25) is 4.68 Å². The molecule has 0 aliphatic heterocycles. The van der Waals surface area contributed by atoms with Crippen molar-refractivity contribution < 1.29 is 0 Å². The van der Waals surface area contributed by atoms with Gasteiger partial charge in [-0.05, 0) is 19.9 Å². The molecule has 5 heteroatoms. The Kier molecular flexibility index (Phi) is 3.28. The Hall–Kier alpha value is -1.62. The van der Waals surface area contributed by atoms with Crippen LogP contribution in [0.4, 0.5) is 0 Å². The molecule has 1 atom stereocenters. The van der Waals surface area contributed by atoms with Crippen molar-refractivity contribution in [1.29, 1.82) is 0 Å². The third-order valence-electron chi connectivity index (χ3n) is 3.06.